The van der Waals surface area contributed by atoms with Crippen molar-refractivity contribution in [1.82, 2.24) is 5.43 Å². The highest BCUT2D eigenvalue weighted by atomic mass is 35.5. The summed E-state index contributed by atoms with van der Waals surface area (Å²) in [5, 5.41) is 1.12. The summed E-state index contributed by atoms with van der Waals surface area (Å²) in [5.74, 6) is 5.13. The molecule has 2 aromatic rings. The van der Waals surface area contributed by atoms with Gasteiger partial charge in [-0.2, -0.15) is 0 Å². The Morgan fingerprint density at radius 2 is 1.70 bits per heavy atom. The van der Waals surface area contributed by atoms with E-state index >= 15 is 0 Å². The Morgan fingerprint density at radius 1 is 1.05 bits per heavy atom. The van der Waals surface area contributed by atoms with Crippen molar-refractivity contribution in [2.45, 2.75) is 12.5 Å². The normalized spacial score (nSPS) is 12.4. The average molecular weight is 334 g/mol. The molecule has 0 aliphatic heterocycles. The van der Waals surface area contributed by atoms with Crippen molar-refractivity contribution < 1.29 is 4.39 Å². The van der Waals surface area contributed by atoms with Crippen LogP contribution >= 0.6 is 34.8 Å². The van der Waals surface area contributed by atoms with Crippen LogP contribution in [0, 0.1) is 5.82 Å². The second-order valence-electron chi connectivity index (χ2n) is 4.31. The van der Waals surface area contributed by atoms with E-state index in [-0.39, 0.29) is 11.1 Å². The molecule has 0 amide bonds. The topological polar surface area (TPSA) is 38.0 Å². The van der Waals surface area contributed by atoms with Crippen LogP contribution in [0.5, 0.6) is 0 Å². The Labute approximate surface area is 131 Å². The maximum atomic E-state index is 13.2. The Morgan fingerprint density at radius 3 is 2.25 bits per heavy atom. The van der Waals surface area contributed by atoms with Crippen LogP contribution in [-0.2, 0) is 6.42 Å². The number of nitrogens with one attached hydrogen (secondary N) is 1. The molecule has 20 heavy (non-hydrogen) atoms. The predicted molar refractivity (Wildman–Crippen MR) is 81.6 cm³/mol. The summed E-state index contributed by atoms with van der Waals surface area (Å²) >= 11 is 18.1. The summed E-state index contributed by atoms with van der Waals surface area (Å²) in [6, 6.07) is 9.48. The van der Waals surface area contributed by atoms with Crippen LogP contribution in [0.2, 0.25) is 15.1 Å². The van der Waals surface area contributed by atoms with Crippen LogP contribution in [0.15, 0.2) is 36.4 Å². The van der Waals surface area contributed by atoms with Crippen LogP contribution in [0.1, 0.15) is 17.2 Å². The molecule has 1 unspecified atom stereocenters. The monoisotopic (exact) mass is 332 g/mol. The maximum Gasteiger partial charge on any atom is 0.141 e. The zero-order valence-corrected chi connectivity index (χ0v) is 12.6. The van der Waals surface area contributed by atoms with Gasteiger partial charge in [-0.15, -0.1) is 0 Å². The van der Waals surface area contributed by atoms with Gasteiger partial charge >= 0.3 is 0 Å². The fourth-order valence-electron chi connectivity index (χ4n) is 1.99. The predicted octanol–water partition coefficient (Wildman–Crippen LogP) is 4.53. The lowest BCUT2D eigenvalue weighted by atomic mass is 9.99. The summed E-state index contributed by atoms with van der Waals surface area (Å²) in [5.41, 5.74) is 4.21. The molecule has 0 bridgehead atoms. The number of hydrogen-bond donors (Lipinski definition) is 2. The van der Waals surface area contributed by atoms with Gasteiger partial charge in [0.15, 0.2) is 0 Å². The molecule has 0 radical (unpaired) electrons. The number of rotatable bonds is 4. The number of nitrogens with two attached hydrogens (primary N) is 1. The first-order valence-corrected chi connectivity index (χ1v) is 7.00. The largest absolute Gasteiger partial charge is 0.271 e. The van der Waals surface area contributed by atoms with Crippen molar-refractivity contribution in [2.24, 2.45) is 5.84 Å². The van der Waals surface area contributed by atoms with Gasteiger partial charge in [0.25, 0.3) is 0 Å². The minimum absolute atomic E-state index is 0.0727. The van der Waals surface area contributed by atoms with Gasteiger partial charge in [0, 0.05) is 15.6 Å². The molecule has 0 aromatic heterocycles. The standard InChI is InChI=1S/C14H12Cl3FN2/c15-9-2-1-3-10(16)14(9)13(20-19)7-8-4-5-12(18)11(17)6-8/h1-6,13,20H,7,19H2. The van der Waals surface area contributed by atoms with Crippen LogP contribution < -0.4 is 11.3 Å². The van der Waals surface area contributed by atoms with E-state index in [9.17, 15) is 4.39 Å². The van der Waals surface area contributed by atoms with E-state index in [0.717, 1.165) is 5.56 Å². The van der Waals surface area contributed by atoms with Gasteiger partial charge in [0.2, 0.25) is 0 Å². The van der Waals surface area contributed by atoms with Crippen molar-refractivity contribution in [3.05, 3.63) is 68.4 Å². The first-order chi connectivity index (χ1) is 9.52. The number of hydrazine groups is 1. The second kappa shape index (κ2) is 6.74. The molecular formula is C14H12Cl3FN2. The molecule has 0 aliphatic rings. The second-order valence-corrected chi connectivity index (χ2v) is 5.53. The van der Waals surface area contributed by atoms with E-state index in [4.69, 9.17) is 40.6 Å². The van der Waals surface area contributed by atoms with Gasteiger partial charge in [0.1, 0.15) is 5.82 Å². The van der Waals surface area contributed by atoms with E-state index in [1.807, 2.05) is 0 Å². The van der Waals surface area contributed by atoms with E-state index in [2.05, 4.69) is 5.43 Å². The van der Waals surface area contributed by atoms with E-state index < -0.39 is 5.82 Å². The smallest absolute Gasteiger partial charge is 0.141 e. The zero-order valence-electron chi connectivity index (χ0n) is 10.3. The van der Waals surface area contributed by atoms with Crippen LogP contribution in [0.25, 0.3) is 0 Å². The van der Waals surface area contributed by atoms with Gasteiger partial charge in [-0.1, -0.05) is 46.9 Å². The van der Waals surface area contributed by atoms with E-state index in [1.165, 1.54) is 6.07 Å². The van der Waals surface area contributed by atoms with Crippen molar-refractivity contribution in [2.75, 3.05) is 0 Å². The third kappa shape index (κ3) is 3.43. The Kier molecular flexibility index (Phi) is 5.24. The summed E-state index contributed by atoms with van der Waals surface area (Å²) in [4.78, 5) is 0. The molecule has 106 valence electrons. The number of hydrogen-bond acceptors (Lipinski definition) is 2. The zero-order chi connectivity index (χ0) is 14.7. The first kappa shape index (κ1) is 15.5. The molecule has 0 heterocycles. The van der Waals surface area contributed by atoms with Gasteiger partial charge in [0.05, 0.1) is 11.1 Å². The Hall–Kier alpha value is -0.840. The van der Waals surface area contributed by atoms with Gasteiger partial charge in [-0.05, 0) is 36.2 Å². The highest BCUT2D eigenvalue weighted by Gasteiger charge is 2.17. The molecule has 6 heteroatoms. The third-order valence-corrected chi connectivity index (χ3v) is 3.92. The quantitative estimate of drug-likeness (QED) is 0.637. The first-order valence-electron chi connectivity index (χ1n) is 5.87. The van der Waals surface area contributed by atoms with Crippen molar-refractivity contribution in [3.8, 4) is 0 Å². The molecule has 0 saturated heterocycles. The van der Waals surface area contributed by atoms with Gasteiger partial charge < -0.3 is 0 Å². The highest BCUT2D eigenvalue weighted by molar-refractivity contribution is 6.36. The van der Waals surface area contributed by atoms with Gasteiger partial charge in [-0.3, -0.25) is 11.3 Å². The van der Waals surface area contributed by atoms with Crippen molar-refractivity contribution in [1.29, 1.82) is 0 Å². The molecule has 2 aromatic carbocycles. The molecular weight excluding hydrogens is 322 g/mol. The number of benzene rings is 2. The van der Waals surface area contributed by atoms with Crippen molar-refractivity contribution >= 4 is 34.8 Å². The Bertz CT molecular complexity index is 599. The minimum atomic E-state index is -0.455. The molecule has 3 N–H and O–H groups in total. The fourth-order valence-corrected chi connectivity index (χ4v) is 2.85. The Balaban J connectivity index is 2.31. The molecule has 0 aliphatic carbocycles. The lowest BCUT2D eigenvalue weighted by Crippen LogP contribution is -2.30. The summed E-state index contributed by atoms with van der Waals surface area (Å²) in [6.45, 7) is 0. The molecule has 2 rings (SSSR count). The number of halogens is 4. The SMILES string of the molecule is NNC(Cc1ccc(F)c(Cl)c1)c1c(Cl)cccc1Cl. The summed E-state index contributed by atoms with van der Waals surface area (Å²) in [7, 11) is 0. The molecule has 0 saturated carbocycles. The third-order valence-electron chi connectivity index (χ3n) is 2.97. The summed E-state index contributed by atoms with van der Waals surface area (Å²) in [6.07, 6.45) is 0.486. The van der Waals surface area contributed by atoms with Crippen LogP contribution in [0.3, 0.4) is 0 Å². The summed E-state index contributed by atoms with van der Waals surface area (Å²) < 4.78 is 13.2. The molecule has 2 nitrogen and oxygen atoms in total. The molecule has 1 atom stereocenters. The minimum Gasteiger partial charge on any atom is -0.271 e. The van der Waals surface area contributed by atoms with E-state index in [0.29, 0.717) is 22.0 Å². The lowest BCUT2D eigenvalue weighted by molar-refractivity contribution is 0.551. The van der Waals surface area contributed by atoms with Crippen molar-refractivity contribution in [3.63, 3.8) is 0 Å². The molecule has 0 spiro atoms. The fraction of sp³-hybridized carbons (Fsp3) is 0.143. The lowest BCUT2D eigenvalue weighted by Gasteiger charge is -2.19. The van der Waals surface area contributed by atoms with E-state index in [1.54, 1.807) is 30.3 Å². The highest BCUT2D eigenvalue weighted by Crippen LogP contribution is 2.32. The van der Waals surface area contributed by atoms with Crippen LogP contribution in [-0.4, -0.2) is 0 Å². The van der Waals surface area contributed by atoms with Gasteiger partial charge in [-0.25, -0.2) is 4.39 Å². The maximum absolute atomic E-state index is 13.2. The molecule has 0 fully saturated rings. The van der Waals surface area contributed by atoms with Crippen LogP contribution in [0.4, 0.5) is 4.39 Å². The average Bonchev–Trinajstić information content (AvgIpc) is 2.41.